The number of aromatic hydroxyl groups is 1. The van der Waals surface area contributed by atoms with Gasteiger partial charge in [-0.2, -0.15) is 0 Å². The summed E-state index contributed by atoms with van der Waals surface area (Å²) in [4.78, 5) is 4.02. The number of pyridine rings is 1. The average molecular weight is 299 g/mol. The van der Waals surface area contributed by atoms with Crippen molar-refractivity contribution in [3.63, 3.8) is 0 Å². The number of nitrogens with zero attached hydrogens (tertiary/aromatic N) is 1. The van der Waals surface area contributed by atoms with Gasteiger partial charge in [-0.05, 0) is 6.07 Å². The molecule has 0 aliphatic rings. The van der Waals surface area contributed by atoms with Crippen molar-refractivity contribution in [1.82, 2.24) is 4.98 Å². The molecule has 0 aliphatic carbocycles. The topological polar surface area (TPSA) is 79.3 Å². The van der Waals surface area contributed by atoms with Gasteiger partial charge in [0.1, 0.15) is 11.4 Å². The van der Waals surface area contributed by atoms with E-state index in [-0.39, 0.29) is 11.4 Å². The number of nitrogens with one attached hydrogen (secondary N) is 1. The van der Waals surface area contributed by atoms with E-state index in [4.69, 9.17) is 11.6 Å². The number of rotatable bonds is 3. The number of anilines is 1. The lowest BCUT2D eigenvalue weighted by atomic mass is 10.1. The molecule has 2 N–H and O–H groups in total. The molecule has 0 saturated carbocycles. The van der Waals surface area contributed by atoms with Crippen LogP contribution in [0.25, 0.3) is 11.3 Å². The second-order valence-corrected chi connectivity index (χ2v) is 6.13. The highest BCUT2D eigenvalue weighted by molar-refractivity contribution is 7.92. The fourth-order valence-corrected chi connectivity index (χ4v) is 2.34. The molecule has 0 radical (unpaired) electrons. The van der Waals surface area contributed by atoms with Crippen LogP contribution in [-0.2, 0) is 10.0 Å². The molecule has 19 heavy (non-hydrogen) atoms. The third-order valence-corrected chi connectivity index (χ3v) is 3.11. The zero-order valence-corrected chi connectivity index (χ0v) is 11.5. The molecular formula is C12H11ClN2O3S. The Morgan fingerprint density at radius 3 is 2.63 bits per heavy atom. The number of sulfonamides is 1. The normalized spacial score (nSPS) is 11.3. The Kier molecular flexibility index (Phi) is 3.64. The summed E-state index contributed by atoms with van der Waals surface area (Å²) in [5.41, 5.74) is 1.08. The molecule has 1 aromatic carbocycles. The molecule has 0 atom stereocenters. The lowest BCUT2D eigenvalue weighted by Gasteiger charge is -2.11. The molecule has 0 amide bonds. The molecule has 2 rings (SSSR count). The standard InChI is InChI=1S/C12H11ClN2O3S/c1-19(17,18)15-10-5-3-2-4-9(10)12-11(16)6-8(13)7-14-12/h2-7,15-16H,1H3. The summed E-state index contributed by atoms with van der Waals surface area (Å²) in [6.07, 6.45) is 2.44. The quantitative estimate of drug-likeness (QED) is 0.912. The highest BCUT2D eigenvalue weighted by atomic mass is 35.5. The van der Waals surface area contributed by atoms with E-state index < -0.39 is 10.0 Å². The van der Waals surface area contributed by atoms with Gasteiger partial charge >= 0.3 is 0 Å². The van der Waals surface area contributed by atoms with Gasteiger partial charge < -0.3 is 5.11 Å². The highest BCUT2D eigenvalue weighted by Crippen LogP contribution is 2.34. The summed E-state index contributed by atoms with van der Waals surface area (Å²) in [6, 6.07) is 8.00. The fraction of sp³-hybridized carbons (Fsp3) is 0.0833. The minimum absolute atomic E-state index is 0.116. The predicted molar refractivity (Wildman–Crippen MR) is 74.8 cm³/mol. The van der Waals surface area contributed by atoms with E-state index in [2.05, 4.69) is 9.71 Å². The van der Waals surface area contributed by atoms with Crippen LogP contribution in [-0.4, -0.2) is 24.8 Å². The predicted octanol–water partition coefficient (Wildman–Crippen LogP) is 2.48. The fourth-order valence-electron chi connectivity index (χ4n) is 1.61. The summed E-state index contributed by atoms with van der Waals surface area (Å²) in [6.45, 7) is 0. The van der Waals surface area contributed by atoms with E-state index >= 15 is 0 Å². The Morgan fingerprint density at radius 2 is 2.00 bits per heavy atom. The van der Waals surface area contributed by atoms with Crippen molar-refractivity contribution in [2.75, 3.05) is 11.0 Å². The molecule has 100 valence electrons. The van der Waals surface area contributed by atoms with E-state index in [1.807, 2.05) is 0 Å². The summed E-state index contributed by atoms with van der Waals surface area (Å²) in [5.74, 6) is -0.116. The Bertz CT molecular complexity index is 717. The number of benzene rings is 1. The van der Waals surface area contributed by atoms with Crippen LogP contribution in [0.15, 0.2) is 36.5 Å². The minimum atomic E-state index is -3.41. The van der Waals surface area contributed by atoms with E-state index in [1.54, 1.807) is 24.3 Å². The van der Waals surface area contributed by atoms with Gasteiger partial charge in [0.25, 0.3) is 0 Å². The van der Waals surface area contributed by atoms with Crippen LogP contribution < -0.4 is 4.72 Å². The molecule has 0 fully saturated rings. The third-order valence-electron chi connectivity index (χ3n) is 2.31. The monoisotopic (exact) mass is 298 g/mol. The van der Waals surface area contributed by atoms with Crippen LogP contribution in [0.1, 0.15) is 0 Å². The Balaban J connectivity index is 2.56. The zero-order chi connectivity index (χ0) is 14.0. The zero-order valence-electron chi connectivity index (χ0n) is 9.96. The molecule has 0 spiro atoms. The first-order valence-corrected chi connectivity index (χ1v) is 7.55. The van der Waals surface area contributed by atoms with Crippen LogP contribution in [0.3, 0.4) is 0 Å². The van der Waals surface area contributed by atoms with Crippen molar-refractivity contribution < 1.29 is 13.5 Å². The molecule has 0 saturated heterocycles. The molecule has 0 bridgehead atoms. The van der Waals surface area contributed by atoms with Crippen LogP contribution in [0.5, 0.6) is 5.75 Å². The summed E-state index contributed by atoms with van der Waals surface area (Å²) >= 11 is 5.72. The molecule has 5 nitrogen and oxygen atoms in total. The smallest absolute Gasteiger partial charge is 0.229 e. The molecule has 1 aromatic heterocycles. The minimum Gasteiger partial charge on any atom is -0.506 e. The van der Waals surface area contributed by atoms with Crippen molar-refractivity contribution in [1.29, 1.82) is 0 Å². The molecule has 7 heteroatoms. The highest BCUT2D eigenvalue weighted by Gasteiger charge is 2.13. The van der Waals surface area contributed by atoms with E-state index in [1.165, 1.54) is 12.3 Å². The SMILES string of the molecule is CS(=O)(=O)Nc1ccccc1-c1ncc(Cl)cc1O. The van der Waals surface area contributed by atoms with Crippen LogP contribution in [0, 0.1) is 0 Å². The molecule has 2 aromatic rings. The van der Waals surface area contributed by atoms with Crippen molar-refractivity contribution in [3.8, 4) is 17.0 Å². The number of halogens is 1. The van der Waals surface area contributed by atoms with E-state index in [0.717, 1.165) is 6.26 Å². The first-order chi connectivity index (χ1) is 8.87. The van der Waals surface area contributed by atoms with Crippen molar-refractivity contribution >= 4 is 27.3 Å². The molecule has 0 unspecified atom stereocenters. The summed E-state index contributed by atoms with van der Waals surface area (Å²) in [5, 5.41) is 10.1. The summed E-state index contributed by atoms with van der Waals surface area (Å²) < 4.78 is 25.0. The first-order valence-electron chi connectivity index (χ1n) is 5.28. The van der Waals surface area contributed by atoms with Gasteiger partial charge in [-0.25, -0.2) is 8.42 Å². The Morgan fingerprint density at radius 1 is 1.32 bits per heavy atom. The Hall–Kier alpha value is -1.79. The summed E-state index contributed by atoms with van der Waals surface area (Å²) in [7, 11) is -3.41. The second kappa shape index (κ2) is 5.07. The van der Waals surface area contributed by atoms with Crippen molar-refractivity contribution in [3.05, 3.63) is 41.6 Å². The Labute approximate surface area is 115 Å². The van der Waals surface area contributed by atoms with Crippen LogP contribution in [0.2, 0.25) is 5.02 Å². The van der Waals surface area contributed by atoms with Crippen LogP contribution in [0.4, 0.5) is 5.69 Å². The van der Waals surface area contributed by atoms with Gasteiger partial charge in [0.15, 0.2) is 0 Å². The lowest BCUT2D eigenvalue weighted by molar-refractivity contribution is 0.475. The average Bonchev–Trinajstić information content (AvgIpc) is 2.28. The third kappa shape index (κ3) is 3.36. The maximum absolute atomic E-state index is 11.3. The van der Waals surface area contributed by atoms with Crippen LogP contribution >= 0.6 is 11.6 Å². The van der Waals surface area contributed by atoms with E-state index in [9.17, 15) is 13.5 Å². The maximum atomic E-state index is 11.3. The second-order valence-electron chi connectivity index (χ2n) is 3.94. The van der Waals surface area contributed by atoms with Crippen molar-refractivity contribution in [2.24, 2.45) is 0 Å². The number of hydrogen-bond acceptors (Lipinski definition) is 4. The van der Waals surface area contributed by atoms with Gasteiger partial charge in [0, 0.05) is 17.8 Å². The van der Waals surface area contributed by atoms with E-state index in [0.29, 0.717) is 16.3 Å². The lowest BCUT2D eigenvalue weighted by Crippen LogP contribution is -2.10. The molecular weight excluding hydrogens is 288 g/mol. The van der Waals surface area contributed by atoms with Gasteiger partial charge in [-0.3, -0.25) is 9.71 Å². The first kappa shape index (κ1) is 13.6. The molecule has 0 aliphatic heterocycles. The van der Waals surface area contributed by atoms with Gasteiger partial charge in [0.2, 0.25) is 10.0 Å². The van der Waals surface area contributed by atoms with Gasteiger partial charge in [0.05, 0.1) is 17.0 Å². The molecule has 1 heterocycles. The van der Waals surface area contributed by atoms with Gasteiger partial charge in [-0.15, -0.1) is 0 Å². The number of hydrogen-bond donors (Lipinski definition) is 2. The van der Waals surface area contributed by atoms with Crippen molar-refractivity contribution in [2.45, 2.75) is 0 Å². The largest absolute Gasteiger partial charge is 0.506 e. The number of aromatic nitrogens is 1. The maximum Gasteiger partial charge on any atom is 0.229 e. The van der Waals surface area contributed by atoms with Gasteiger partial charge in [-0.1, -0.05) is 29.8 Å². The number of para-hydroxylation sites is 1.